The Balaban J connectivity index is 1.92. The predicted molar refractivity (Wildman–Crippen MR) is 69.1 cm³/mol. The largest absolute Gasteiger partial charge is 0.306 e. The summed E-state index contributed by atoms with van der Waals surface area (Å²) < 4.78 is 2.24. The zero-order valence-corrected chi connectivity index (χ0v) is 11.2. The molecule has 1 aromatic heterocycles. The zero-order valence-electron chi connectivity index (χ0n) is 11.2. The Morgan fingerprint density at radius 2 is 2.12 bits per heavy atom. The highest BCUT2D eigenvalue weighted by Gasteiger charge is 2.35. The Kier molecular flexibility index (Phi) is 2.74. The van der Waals surface area contributed by atoms with Crippen LogP contribution in [0.5, 0.6) is 0 Å². The van der Waals surface area contributed by atoms with E-state index in [9.17, 15) is 0 Å². The van der Waals surface area contributed by atoms with Crippen LogP contribution in [0.4, 0.5) is 0 Å². The number of piperidine rings is 1. The van der Waals surface area contributed by atoms with Crippen molar-refractivity contribution in [3.8, 4) is 0 Å². The summed E-state index contributed by atoms with van der Waals surface area (Å²) in [6, 6.07) is 0. The summed E-state index contributed by atoms with van der Waals surface area (Å²) in [4.78, 5) is 2.49. The van der Waals surface area contributed by atoms with Crippen LogP contribution < -0.4 is 0 Å². The molecule has 2 aliphatic rings. The molecule has 0 unspecified atom stereocenters. The molecule has 3 nitrogen and oxygen atoms in total. The second-order valence-electron chi connectivity index (χ2n) is 5.81. The smallest absolute Gasteiger partial charge is 0.0628 e. The second-order valence-corrected chi connectivity index (χ2v) is 5.81. The average Bonchev–Trinajstić information content (AvgIpc) is 2.63. The molecule has 2 heterocycles. The lowest BCUT2D eigenvalue weighted by atomic mass is 9.74. The van der Waals surface area contributed by atoms with Gasteiger partial charge in [0.15, 0.2) is 0 Å². The molecule has 3 heteroatoms. The van der Waals surface area contributed by atoms with Crippen LogP contribution in [0.3, 0.4) is 0 Å². The van der Waals surface area contributed by atoms with Gasteiger partial charge >= 0.3 is 0 Å². The van der Waals surface area contributed by atoms with E-state index in [0.29, 0.717) is 0 Å². The van der Waals surface area contributed by atoms with E-state index < -0.39 is 0 Å². The van der Waals surface area contributed by atoms with Gasteiger partial charge < -0.3 is 4.90 Å². The van der Waals surface area contributed by atoms with Crippen LogP contribution in [-0.2, 0) is 19.4 Å². The summed E-state index contributed by atoms with van der Waals surface area (Å²) >= 11 is 0. The molecule has 1 fully saturated rings. The van der Waals surface area contributed by atoms with Gasteiger partial charge in [-0.3, -0.25) is 4.68 Å². The maximum Gasteiger partial charge on any atom is 0.0628 e. The third-order valence-corrected chi connectivity index (χ3v) is 4.68. The summed E-state index contributed by atoms with van der Waals surface area (Å²) in [5.41, 5.74) is 4.37. The molecule has 0 N–H and O–H groups in total. The summed E-state index contributed by atoms with van der Waals surface area (Å²) in [7, 11) is 2.26. The van der Waals surface area contributed by atoms with Crippen LogP contribution in [-0.4, -0.2) is 34.8 Å². The molecule has 1 saturated heterocycles. The van der Waals surface area contributed by atoms with Crippen molar-refractivity contribution in [2.45, 2.75) is 39.7 Å². The van der Waals surface area contributed by atoms with E-state index in [1.165, 1.54) is 43.7 Å². The number of likely N-dealkylation sites (tertiary alicyclic amines) is 1. The Hall–Kier alpha value is -0.830. The van der Waals surface area contributed by atoms with Gasteiger partial charge in [-0.2, -0.15) is 5.10 Å². The van der Waals surface area contributed by atoms with Crippen molar-refractivity contribution in [2.75, 3.05) is 20.1 Å². The lowest BCUT2D eigenvalue weighted by Gasteiger charge is -2.40. The van der Waals surface area contributed by atoms with Crippen molar-refractivity contribution < 1.29 is 0 Å². The minimum absolute atomic E-state index is 0.870. The third-order valence-electron chi connectivity index (χ3n) is 4.68. The summed E-state index contributed by atoms with van der Waals surface area (Å²) in [5.74, 6) is 1.77. The fourth-order valence-corrected chi connectivity index (χ4v) is 3.70. The first-order chi connectivity index (χ1) is 8.19. The molecule has 1 aromatic rings. The molecule has 1 aliphatic carbocycles. The van der Waals surface area contributed by atoms with Gasteiger partial charge in [0.2, 0.25) is 0 Å². The van der Waals surface area contributed by atoms with Crippen molar-refractivity contribution in [1.82, 2.24) is 14.7 Å². The van der Waals surface area contributed by atoms with E-state index in [2.05, 4.69) is 30.5 Å². The predicted octanol–water partition coefficient (Wildman–Crippen LogP) is 1.88. The number of aryl methyl sites for hydroxylation is 2. The summed E-state index contributed by atoms with van der Waals surface area (Å²) in [6.45, 7) is 7.95. The molecule has 0 bridgehead atoms. The lowest BCUT2D eigenvalue weighted by Crippen LogP contribution is -2.42. The van der Waals surface area contributed by atoms with Gasteiger partial charge in [-0.1, -0.05) is 0 Å². The SMILES string of the molecule is CCn1nc(C)c2c1C[C@@H]1CCN(C)C[C@H]1C2. The van der Waals surface area contributed by atoms with Crippen LogP contribution >= 0.6 is 0 Å². The first-order valence-corrected chi connectivity index (χ1v) is 6.92. The fraction of sp³-hybridized carbons (Fsp3) is 0.786. The third kappa shape index (κ3) is 1.81. The molecule has 0 aromatic carbocycles. The topological polar surface area (TPSA) is 21.1 Å². The van der Waals surface area contributed by atoms with E-state index in [0.717, 1.165) is 18.4 Å². The number of rotatable bonds is 1. The number of hydrogen-bond acceptors (Lipinski definition) is 2. The van der Waals surface area contributed by atoms with Crippen LogP contribution in [0.1, 0.15) is 30.3 Å². The molecular weight excluding hydrogens is 210 g/mol. The van der Waals surface area contributed by atoms with Gasteiger partial charge in [-0.25, -0.2) is 0 Å². The maximum absolute atomic E-state index is 4.69. The van der Waals surface area contributed by atoms with Gasteiger partial charge in [0.1, 0.15) is 0 Å². The minimum Gasteiger partial charge on any atom is -0.306 e. The van der Waals surface area contributed by atoms with Gasteiger partial charge in [0.05, 0.1) is 5.69 Å². The van der Waals surface area contributed by atoms with Crippen molar-refractivity contribution in [1.29, 1.82) is 0 Å². The average molecular weight is 233 g/mol. The molecule has 0 radical (unpaired) electrons. The minimum atomic E-state index is 0.870. The summed E-state index contributed by atoms with van der Waals surface area (Å²) in [6.07, 6.45) is 3.90. The highest BCUT2D eigenvalue weighted by molar-refractivity contribution is 5.29. The highest BCUT2D eigenvalue weighted by atomic mass is 15.3. The maximum atomic E-state index is 4.69. The van der Waals surface area contributed by atoms with Gasteiger partial charge in [-0.15, -0.1) is 0 Å². The quantitative estimate of drug-likeness (QED) is 0.738. The van der Waals surface area contributed by atoms with E-state index >= 15 is 0 Å². The molecule has 2 atom stereocenters. The van der Waals surface area contributed by atoms with Gasteiger partial charge in [-0.05, 0) is 64.1 Å². The number of hydrogen-bond donors (Lipinski definition) is 0. The number of aromatic nitrogens is 2. The van der Waals surface area contributed by atoms with Crippen LogP contribution in [0.15, 0.2) is 0 Å². The highest BCUT2D eigenvalue weighted by Crippen LogP contribution is 2.36. The van der Waals surface area contributed by atoms with Gasteiger partial charge in [0.25, 0.3) is 0 Å². The van der Waals surface area contributed by atoms with Crippen LogP contribution in [0, 0.1) is 18.8 Å². The van der Waals surface area contributed by atoms with E-state index in [1.807, 2.05) is 0 Å². The molecule has 3 rings (SSSR count). The Bertz CT molecular complexity index is 421. The van der Waals surface area contributed by atoms with Crippen LogP contribution in [0.25, 0.3) is 0 Å². The van der Waals surface area contributed by atoms with Crippen molar-refractivity contribution in [3.63, 3.8) is 0 Å². The Labute approximate surface area is 104 Å². The number of nitrogens with zero attached hydrogens (tertiary/aromatic N) is 3. The Morgan fingerprint density at radius 1 is 1.29 bits per heavy atom. The van der Waals surface area contributed by atoms with E-state index in [1.54, 1.807) is 5.56 Å². The standard InChI is InChI=1S/C14H23N3/c1-4-17-14-8-11-5-6-16(3)9-12(11)7-13(14)10(2)15-17/h11-12H,4-9H2,1-3H3/t11-,12+/m0/s1. The molecule has 17 heavy (non-hydrogen) atoms. The number of fused-ring (bicyclic) bond motifs is 2. The molecule has 0 spiro atoms. The first-order valence-electron chi connectivity index (χ1n) is 6.92. The second kappa shape index (κ2) is 4.13. The fourth-order valence-electron chi connectivity index (χ4n) is 3.70. The molecular formula is C14H23N3. The zero-order chi connectivity index (χ0) is 12.0. The van der Waals surface area contributed by atoms with Crippen molar-refractivity contribution >= 4 is 0 Å². The monoisotopic (exact) mass is 233 g/mol. The normalized spacial score (nSPS) is 28.9. The Morgan fingerprint density at radius 3 is 2.88 bits per heavy atom. The first kappa shape index (κ1) is 11.3. The summed E-state index contributed by atoms with van der Waals surface area (Å²) in [5, 5.41) is 4.69. The molecule has 0 amide bonds. The van der Waals surface area contributed by atoms with Gasteiger partial charge in [0, 0.05) is 18.8 Å². The lowest BCUT2D eigenvalue weighted by molar-refractivity contribution is 0.132. The molecule has 1 aliphatic heterocycles. The van der Waals surface area contributed by atoms with Crippen molar-refractivity contribution in [3.05, 3.63) is 17.0 Å². The van der Waals surface area contributed by atoms with E-state index in [-0.39, 0.29) is 0 Å². The van der Waals surface area contributed by atoms with Crippen LogP contribution in [0.2, 0.25) is 0 Å². The molecule has 94 valence electrons. The van der Waals surface area contributed by atoms with E-state index in [4.69, 9.17) is 5.10 Å². The van der Waals surface area contributed by atoms with Crippen molar-refractivity contribution in [2.24, 2.45) is 11.8 Å². The molecule has 0 saturated carbocycles.